The Kier molecular flexibility index (Phi) is 9.38. The molecule has 0 radical (unpaired) electrons. The fourth-order valence-corrected chi connectivity index (χ4v) is 3.68. The zero-order valence-corrected chi connectivity index (χ0v) is 20.2. The van der Waals surface area contributed by atoms with Crippen LogP contribution in [0.15, 0.2) is 36.4 Å². The summed E-state index contributed by atoms with van der Waals surface area (Å²) < 4.78 is 5.22. The first kappa shape index (κ1) is 25.9. The minimum Gasteiger partial charge on any atom is -0.449 e. The largest absolute Gasteiger partial charge is 0.449 e. The number of nitrogens with zero attached hydrogens (tertiary/aromatic N) is 5. The Morgan fingerprint density at radius 1 is 1.14 bits per heavy atom. The highest BCUT2D eigenvalue weighted by Crippen LogP contribution is 2.18. The Bertz CT molecular complexity index is 1080. The Morgan fingerprint density at radius 3 is 2.49 bits per heavy atom. The zero-order valence-electron chi connectivity index (χ0n) is 19.4. The van der Waals surface area contributed by atoms with E-state index in [0.717, 1.165) is 12.8 Å². The fraction of sp³-hybridized carbons (Fsp3) is 0.417. The molecule has 1 atom stereocenters. The number of carbonyl (C=O) groups excluding carboxylic acids is 3. The summed E-state index contributed by atoms with van der Waals surface area (Å²) in [5.74, 6) is -0.770. The van der Waals surface area contributed by atoms with E-state index in [1.165, 1.54) is 11.0 Å². The number of rotatable bonds is 8. The first-order valence-electron chi connectivity index (χ1n) is 11.4. The molecule has 11 heteroatoms. The van der Waals surface area contributed by atoms with Crippen LogP contribution in [-0.4, -0.2) is 76.5 Å². The lowest BCUT2D eigenvalue weighted by Crippen LogP contribution is -2.56. The van der Waals surface area contributed by atoms with Crippen LogP contribution in [0.5, 0.6) is 0 Å². The first-order valence-corrected chi connectivity index (χ1v) is 11.8. The van der Waals surface area contributed by atoms with Crippen LogP contribution < -0.4 is 5.32 Å². The summed E-state index contributed by atoms with van der Waals surface area (Å²) in [5.41, 5.74) is 0.666. The van der Waals surface area contributed by atoms with Gasteiger partial charge in [-0.3, -0.25) is 9.59 Å². The highest BCUT2D eigenvalue weighted by Gasteiger charge is 2.31. The SMILES string of the molecule is CCCCOC(=O)N1CCN(C(=O)[C@H](CC#N)NC(=O)c2cc(Cl)nc(-c3ccccc3)n2)CC1. The smallest absolute Gasteiger partial charge is 0.409 e. The molecule has 3 rings (SSSR count). The van der Waals surface area contributed by atoms with Crippen molar-refractivity contribution in [3.05, 3.63) is 47.2 Å². The van der Waals surface area contributed by atoms with Crippen molar-refractivity contribution in [2.45, 2.75) is 32.2 Å². The first-order chi connectivity index (χ1) is 16.9. The number of carbonyl (C=O) groups is 3. The molecule has 1 saturated heterocycles. The molecule has 0 spiro atoms. The van der Waals surface area contributed by atoms with Crippen molar-refractivity contribution in [1.82, 2.24) is 25.1 Å². The van der Waals surface area contributed by atoms with Gasteiger partial charge in [0.2, 0.25) is 5.91 Å². The quantitative estimate of drug-likeness (QED) is 0.437. The van der Waals surface area contributed by atoms with Gasteiger partial charge in [-0.2, -0.15) is 5.26 Å². The van der Waals surface area contributed by atoms with Crippen molar-refractivity contribution < 1.29 is 19.1 Å². The molecule has 1 aromatic heterocycles. The van der Waals surface area contributed by atoms with E-state index in [2.05, 4.69) is 15.3 Å². The minimum atomic E-state index is -1.07. The average molecular weight is 499 g/mol. The molecule has 3 amide bonds. The van der Waals surface area contributed by atoms with Crippen LogP contribution in [0.4, 0.5) is 4.79 Å². The Hall–Kier alpha value is -3.71. The summed E-state index contributed by atoms with van der Waals surface area (Å²) >= 11 is 6.10. The van der Waals surface area contributed by atoms with Gasteiger partial charge in [0.15, 0.2) is 5.82 Å². The predicted molar refractivity (Wildman–Crippen MR) is 128 cm³/mol. The highest BCUT2D eigenvalue weighted by atomic mass is 35.5. The summed E-state index contributed by atoms with van der Waals surface area (Å²) in [6.07, 6.45) is 1.11. The number of unbranched alkanes of at least 4 members (excludes halogenated alkanes) is 1. The average Bonchev–Trinajstić information content (AvgIpc) is 2.88. The van der Waals surface area contributed by atoms with Gasteiger partial charge in [-0.25, -0.2) is 14.8 Å². The Labute approximate surface area is 208 Å². The van der Waals surface area contributed by atoms with E-state index >= 15 is 0 Å². The highest BCUT2D eigenvalue weighted by molar-refractivity contribution is 6.29. The maximum atomic E-state index is 13.1. The second-order valence-electron chi connectivity index (χ2n) is 7.93. The fourth-order valence-electron chi connectivity index (χ4n) is 3.50. The van der Waals surface area contributed by atoms with Crippen molar-refractivity contribution in [2.24, 2.45) is 0 Å². The number of aromatic nitrogens is 2. The second-order valence-corrected chi connectivity index (χ2v) is 8.32. The predicted octanol–water partition coefficient (Wildman–Crippen LogP) is 2.89. The van der Waals surface area contributed by atoms with Crippen LogP contribution in [0.2, 0.25) is 5.15 Å². The van der Waals surface area contributed by atoms with E-state index in [1.54, 1.807) is 17.0 Å². The molecule has 0 unspecified atom stereocenters. The van der Waals surface area contributed by atoms with Crippen LogP contribution in [0.1, 0.15) is 36.7 Å². The number of nitrogens with one attached hydrogen (secondary N) is 1. The number of hydrogen-bond donors (Lipinski definition) is 1. The van der Waals surface area contributed by atoms with Crippen molar-refractivity contribution in [3.8, 4) is 17.5 Å². The van der Waals surface area contributed by atoms with Gasteiger partial charge in [-0.1, -0.05) is 55.3 Å². The molecule has 1 N–H and O–H groups in total. The lowest BCUT2D eigenvalue weighted by Gasteiger charge is -2.35. The summed E-state index contributed by atoms with van der Waals surface area (Å²) in [5, 5.41) is 11.9. The third-order valence-electron chi connectivity index (χ3n) is 5.43. The van der Waals surface area contributed by atoms with E-state index in [0.29, 0.717) is 25.3 Å². The number of nitriles is 1. The van der Waals surface area contributed by atoms with Gasteiger partial charge in [0.25, 0.3) is 5.91 Å². The summed E-state index contributed by atoms with van der Waals surface area (Å²) in [7, 11) is 0. The molecule has 35 heavy (non-hydrogen) atoms. The number of piperazine rings is 1. The summed E-state index contributed by atoms with van der Waals surface area (Å²) in [6.45, 7) is 3.55. The molecule has 1 fully saturated rings. The van der Waals surface area contributed by atoms with Gasteiger partial charge in [0, 0.05) is 37.8 Å². The summed E-state index contributed by atoms with van der Waals surface area (Å²) in [6, 6.07) is 11.2. The summed E-state index contributed by atoms with van der Waals surface area (Å²) in [4.78, 5) is 49.6. The second kappa shape index (κ2) is 12.7. The molecule has 2 heterocycles. The molecule has 0 bridgehead atoms. The van der Waals surface area contributed by atoms with Gasteiger partial charge in [0.1, 0.15) is 16.9 Å². The van der Waals surface area contributed by atoms with Gasteiger partial charge in [0.05, 0.1) is 19.1 Å². The topological polar surface area (TPSA) is 129 Å². The van der Waals surface area contributed by atoms with Gasteiger partial charge < -0.3 is 19.9 Å². The van der Waals surface area contributed by atoms with Gasteiger partial charge in [-0.05, 0) is 6.42 Å². The third-order valence-corrected chi connectivity index (χ3v) is 5.62. The van der Waals surface area contributed by atoms with Crippen molar-refractivity contribution >= 4 is 29.5 Å². The van der Waals surface area contributed by atoms with Crippen molar-refractivity contribution in [1.29, 1.82) is 5.26 Å². The van der Waals surface area contributed by atoms with Crippen LogP contribution in [0, 0.1) is 11.3 Å². The van der Waals surface area contributed by atoms with Gasteiger partial charge >= 0.3 is 6.09 Å². The van der Waals surface area contributed by atoms with E-state index in [4.69, 9.17) is 16.3 Å². The zero-order chi connectivity index (χ0) is 25.2. The van der Waals surface area contributed by atoms with E-state index in [-0.39, 0.29) is 36.2 Å². The normalized spacial score (nSPS) is 14.1. The molecule has 10 nitrogen and oxygen atoms in total. The van der Waals surface area contributed by atoms with Crippen LogP contribution in [0.25, 0.3) is 11.4 Å². The third kappa shape index (κ3) is 7.13. The van der Waals surface area contributed by atoms with E-state index < -0.39 is 23.9 Å². The number of benzene rings is 1. The molecular formula is C24H27ClN6O4. The van der Waals surface area contributed by atoms with Crippen molar-refractivity contribution in [3.63, 3.8) is 0 Å². The maximum absolute atomic E-state index is 13.1. The molecule has 1 aliphatic heterocycles. The number of hydrogen-bond acceptors (Lipinski definition) is 7. The number of amides is 3. The standard InChI is InChI=1S/C24H27ClN6O4/c1-2-3-15-35-24(34)31-13-11-30(12-14-31)23(33)18(9-10-26)28-22(32)19-16-20(25)29-21(27-19)17-7-5-4-6-8-17/h4-8,16,18H,2-3,9,11-15H2,1H3,(H,28,32)/t18-/m0/s1. The molecular weight excluding hydrogens is 472 g/mol. The van der Waals surface area contributed by atoms with Gasteiger partial charge in [-0.15, -0.1) is 0 Å². The van der Waals surface area contributed by atoms with Crippen LogP contribution in [-0.2, 0) is 9.53 Å². The van der Waals surface area contributed by atoms with E-state index in [1.807, 2.05) is 31.2 Å². The van der Waals surface area contributed by atoms with Crippen LogP contribution >= 0.6 is 11.6 Å². The number of ether oxygens (including phenoxy) is 1. The lowest BCUT2D eigenvalue weighted by molar-refractivity contribution is -0.134. The lowest BCUT2D eigenvalue weighted by atomic mass is 10.1. The van der Waals surface area contributed by atoms with Crippen molar-refractivity contribution in [2.75, 3.05) is 32.8 Å². The number of halogens is 1. The Balaban J connectivity index is 1.64. The molecule has 0 saturated carbocycles. The molecule has 1 aliphatic rings. The van der Waals surface area contributed by atoms with E-state index in [9.17, 15) is 19.6 Å². The molecule has 184 valence electrons. The Morgan fingerprint density at radius 2 is 1.83 bits per heavy atom. The minimum absolute atomic E-state index is 0.0146. The van der Waals surface area contributed by atoms with Crippen LogP contribution in [0.3, 0.4) is 0 Å². The molecule has 0 aliphatic carbocycles. The molecule has 1 aromatic carbocycles. The molecule has 2 aromatic rings. The monoisotopic (exact) mass is 498 g/mol. The maximum Gasteiger partial charge on any atom is 0.409 e.